The Morgan fingerprint density at radius 2 is 1.83 bits per heavy atom. The van der Waals surface area contributed by atoms with Crippen molar-refractivity contribution in [1.82, 2.24) is 5.32 Å². The van der Waals surface area contributed by atoms with Gasteiger partial charge < -0.3 is 15.8 Å². The molecule has 3 N–H and O–H groups in total. The van der Waals surface area contributed by atoms with Gasteiger partial charge in [-0.3, -0.25) is 4.79 Å². The number of hydrogen-bond acceptors (Lipinski definition) is 4. The topological polar surface area (TPSA) is 81.4 Å². The third kappa shape index (κ3) is 4.55. The average Bonchev–Trinajstić information content (AvgIpc) is 2.56. The predicted molar refractivity (Wildman–Crippen MR) is 88.8 cm³/mol. The van der Waals surface area contributed by atoms with Gasteiger partial charge in [-0.1, -0.05) is 24.3 Å². The Kier molecular flexibility index (Phi) is 5.89. The van der Waals surface area contributed by atoms with Crippen molar-refractivity contribution in [3.8, 4) is 0 Å². The highest BCUT2D eigenvalue weighted by molar-refractivity contribution is 6.00. The Labute approximate surface area is 139 Å². The number of para-hydroxylation sites is 1. The lowest BCUT2D eigenvalue weighted by Crippen LogP contribution is -2.43. The van der Waals surface area contributed by atoms with Crippen LogP contribution in [-0.4, -0.2) is 24.5 Å². The van der Waals surface area contributed by atoms with E-state index in [1.54, 1.807) is 43.3 Å². The zero-order valence-electron chi connectivity index (χ0n) is 13.3. The Morgan fingerprint density at radius 3 is 2.46 bits per heavy atom. The van der Waals surface area contributed by atoms with Gasteiger partial charge in [0.25, 0.3) is 5.91 Å². The van der Waals surface area contributed by atoms with E-state index in [-0.39, 0.29) is 24.4 Å². The minimum Gasteiger partial charge on any atom is -0.464 e. The molecule has 2 aromatic carbocycles. The molecule has 0 radical (unpaired) electrons. The number of ether oxygens (including phenoxy) is 1. The summed E-state index contributed by atoms with van der Waals surface area (Å²) in [5.41, 5.74) is 7.09. The smallest absolute Gasteiger partial charge is 0.328 e. The first-order valence-corrected chi connectivity index (χ1v) is 7.57. The average molecular weight is 330 g/mol. The first-order chi connectivity index (χ1) is 11.5. The van der Waals surface area contributed by atoms with Gasteiger partial charge in [0.15, 0.2) is 0 Å². The maximum atomic E-state index is 13.0. The van der Waals surface area contributed by atoms with Crippen LogP contribution < -0.4 is 11.1 Å². The van der Waals surface area contributed by atoms with Crippen molar-refractivity contribution in [3.05, 3.63) is 65.5 Å². The van der Waals surface area contributed by atoms with E-state index in [0.29, 0.717) is 11.3 Å². The van der Waals surface area contributed by atoms with E-state index in [2.05, 4.69) is 5.32 Å². The molecule has 24 heavy (non-hydrogen) atoms. The SMILES string of the molecule is CCOC(=O)C(Cc1ccc(F)cc1)NC(=O)c1ccccc1N. The fourth-order valence-electron chi connectivity index (χ4n) is 2.23. The number of hydrogen-bond donors (Lipinski definition) is 2. The molecule has 0 fully saturated rings. The fourth-order valence-corrected chi connectivity index (χ4v) is 2.23. The highest BCUT2D eigenvalue weighted by atomic mass is 19.1. The third-order valence-electron chi connectivity index (χ3n) is 3.43. The van der Waals surface area contributed by atoms with Crippen LogP contribution in [0, 0.1) is 5.82 Å². The number of nitrogen functional groups attached to an aromatic ring is 1. The van der Waals surface area contributed by atoms with Crippen molar-refractivity contribution >= 4 is 17.6 Å². The van der Waals surface area contributed by atoms with Gasteiger partial charge >= 0.3 is 5.97 Å². The molecule has 0 spiro atoms. The van der Waals surface area contributed by atoms with Crippen molar-refractivity contribution in [2.45, 2.75) is 19.4 Å². The van der Waals surface area contributed by atoms with Crippen molar-refractivity contribution in [3.63, 3.8) is 0 Å². The molecule has 0 aromatic heterocycles. The number of nitrogens with two attached hydrogens (primary N) is 1. The summed E-state index contributed by atoms with van der Waals surface area (Å²) in [6.07, 6.45) is 0.192. The summed E-state index contributed by atoms with van der Waals surface area (Å²) in [5, 5.41) is 2.63. The van der Waals surface area contributed by atoms with Crippen LogP contribution in [0.3, 0.4) is 0 Å². The standard InChI is InChI=1S/C18H19FN2O3/c1-2-24-18(23)16(11-12-7-9-13(19)10-8-12)21-17(22)14-5-3-4-6-15(14)20/h3-10,16H,2,11,20H2,1H3,(H,21,22). The molecular weight excluding hydrogens is 311 g/mol. The van der Waals surface area contributed by atoms with Crippen LogP contribution in [0.5, 0.6) is 0 Å². The van der Waals surface area contributed by atoms with E-state index < -0.39 is 17.9 Å². The first kappa shape index (κ1) is 17.5. The molecule has 6 heteroatoms. The van der Waals surface area contributed by atoms with Crippen molar-refractivity contribution in [2.24, 2.45) is 0 Å². The Bertz CT molecular complexity index is 716. The highest BCUT2D eigenvalue weighted by Gasteiger charge is 2.23. The molecule has 0 aliphatic carbocycles. The molecule has 0 aliphatic rings. The first-order valence-electron chi connectivity index (χ1n) is 7.57. The molecule has 1 atom stereocenters. The van der Waals surface area contributed by atoms with E-state index in [0.717, 1.165) is 0 Å². The van der Waals surface area contributed by atoms with Gasteiger partial charge in [-0.05, 0) is 36.8 Å². The molecule has 2 rings (SSSR count). The number of amides is 1. The summed E-state index contributed by atoms with van der Waals surface area (Å²) in [4.78, 5) is 24.5. The number of esters is 1. The van der Waals surface area contributed by atoms with Crippen LogP contribution in [0.4, 0.5) is 10.1 Å². The fraction of sp³-hybridized carbons (Fsp3) is 0.222. The Hall–Kier alpha value is -2.89. The minimum absolute atomic E-state index is 0.192. The van der Waals surface area contributed by atoms with Gasteiger partial charge in [-0.15, -0.1) is 0 Å². The molecule has 1 unspecified atom stereocenters. The van der Waals surface area contributed by atoms with E-state index >= 15 is 0 Å². The van der Waals surface area contributed by atoms with Crippen LogP contribution in [0.25, 0.3) is 0 Å². The molecule has 0 bridgehead atoms. The van der Waals surface area contributed by atoms with Crippen LogP contribution in [-0.2, 0) is 16.0 Å². The van der Waals surface area contributed by atoms with Crippen LogP contribution in [0.15, 0.2) is 48.5 Å². The minimum atomic E-state index is -0.887. The summed E-state index contributed by atoms with van der Waals surface area (Å²) >= 11 is 0. The molecule has 1 amide bonds. The lowest BCUT2D eigenvalue weighted by atomic mass is 10.0. The highest BCUT2D eigenvalue weighted by Crippen LogP contribution is 2.12. The number of halogens is 1. The van der Waals surface area contributed by atoms with Crippen molar-refractivity contribution < 1.29 is 18.7 Å². The molecule has 0 heterocycles. The molecule has 126 valence electrons. The molecular formula is C18H19FN2O3. The van der Waals surface area contributed by atoms with E-state index in [1.807, 2.05) is 0 Å². The summed E-state index contributed by atoms with van der Waals surface area (Å²) in [5.74, 6) is -1.38. The number of carbonyl (C=O) groups excluding carboxylic acids is 2. The second-order valence-electron chi connectivity index (χ2n) is 5.20. The molecule has 0 saturated carbocycles. The van der Waals surface area contributed by atoms with E-state index in [9.17, 15) is 14.0 Å². The summed E-state index contributed by atoms with van der Waals surface area (Å²) in [7, 11) is 0. The molecule has 0 aliphatic heterocycles. The molecule has 0 saturated heterocycles. The molecule has 5 nitrogen and oxygen atoms in total. The lowest BCUT2D eigenvalue weighted by Gasteiger charge is -2.18. The quantitative estimate of drug-likeness (QED) is 0.629. The van der Waals surface area contributed by atoms with Gasteiger partial charge in [0.1, 0.15) is 11.9 Å². The third-order valence-corrected chi connectivity index (χ3v) is 3.43. The maximum Gasteiger partial charge on any atom is 0.328 e. The second kappa shape index (κ2) is 8.10. The van der Waals surface area contributed by atoms with E-state index in [1.165, 1.54) is 12.1 Å². The van der Waals surface area contributed by atoms with Gasteiger partial charge in [0.05, 0.1) is 12.2 Å². The van der Waals surface area contributed by atoms with Gasteiger partial charge in [-0.25, -0.2) is 9.18 Å². The zero-order valence-corrected chi connectivity index (χ0v) is 13.3. The van der Waals surface area contributed by atoms with E-state index in [4.69, 9.17) is 10.5 Å². The Balaban J connectivity index is 2.16. The predicted octanol–water partition coefficient (Wildman–Crippen LogP) is 2.31. The normalized spacial score (nSPS) is 11.6. The second-order valence-corrected chi connectivity index (χ2v) is 5.20. The maximum absolute atomic E-state index is 13.0. The molecule has 2 aromatic rings. The van der Waals surface area contributed by atoms with Gasteiger partial charge in [0.2, 0.25) is 0 Å². The van der Waals surface area contributed by atoms with Crippen LogP contribution in [0.2, 0.25) is 0 Å². The van der Waals surface area contributed by atoms with Gasteiger partial charge in [-0.2, -0.15) is 0 Å². The number of rotatable bonds is 6. The summed E-state index contributed by atoms with van der Waals surface area (Å²) in [6, 6.07) is 11.4. The summed E-state index contributed by atoms with van der Waals surface area (Å²) < 4.78 is 18.0. The summed E-state index contributed by atoms with van der Waals surface area (Å²) in [6.45, 7) is 1.88. The monoisotopic (exact) mass is 330 g/mol. The largest absolute Gasteiger partial charge is 0.464 e. The van der Waals surface area contributed by atoms with Crippen LogP contribution in [0.1, 0.15) is 22.8 Å². The number of benzene rings is 2. The Morgan fingerprint density at radius 1 is 1.17 bits per heavy atom. The number of anilines is 1. The number of nitrogens with one attached hydrogen (secondary N) is 1. The van der Waals surface area contributed by atoms with Crippen molar-refractivity contribution in [2.75, 3.05) is 12.3 Å². The van der Waals surface area contributed by atoms with Gasteiger partial charge in [0, 0.05) is 12.1 Å². The lowest BCUT2D eigenvalue weighted by molar-refractivity contribution is -0.145. The van der Waals surface area contributed by atoms with Crippen molar-refractivity contribution in [1.29, 1.82) is 0 Å². The zero-order chi connectivity index (χ0) is 17.5. The van der Waals surface area contributed by atoms with Crippen LogP contribution >= 0.6 is 0 Å². The number of carbonyl (C=O) groups is 2.